The van der Waals surface area contributed by atoms with Gasteiger partial charge in [-0.15, -0.1) is 0 Å². The third-order valence-electron chi connectivity index (χ3n) is 5.14. The zero-order valence-electron chi connectivity index (χ0n) is 16.5. The van der Waals surface area contributed by atoms with Crippen LogP contribution in [0.5, 0.6) is 0 Å². The van der Waals surface area contributed by atoms with Gasteiger partial charge in [0.25, 0.3) is 0 Å². The smallest absolute Gasteiger partial charge is 0.239 e. The molecule has 1 fully saturated rings. The van der Waals surface area contributed by atoms with Crippen molar-refractivity contribution in [1.82, 2.24) is 20.4 Å². The van der Waals surface area contributed by atoms with E-state index in [1.54, 1.807) is 10.7 Å². The summed E-state index contributed by atoms with van der Waals surface area (Å²) in [5.41, 5.74) is 2.58. The Balaban J connectivity index is 1.31. The first-order valence-corrected chi connectivity index (χ1v) is 9.92. The van der Waals surface area contributed by atoms with Crippen LogP contribution in [0.4, 0.5) is 5.69 Å². The summed E-state index contributed by atoms with van der Waals surface area (Å²) >= 11 is 0. The van der Waals surface area contributed by atoms with Crippen LogP contribution >= 0.6 is 0 Å². The van der Waals surface area contributed by atoms with Gasteiger partial charge in [0.15, 0.2) is 0 Å². The predicted octanol–water partition coefficient (Wildman–Crippen LogP) is 1.04. The van der Waals surface area contributed by atoms with Crippen LogP contribution in [0.1, 0.15) is 12.0 Å². The maximum absolute atomic E-state index is 12.3. The Bertz CT molecular complexity index is 1120. The minimum absolute atomic E-state index is 0.0302. The lowest BCUT2D eigenvalue weighted by Crippen LogP contribution is -2.47. The van der Waals surface area contributed by atoms with Crippen molar-refractivity contribution in [1.29, 1.82) is 0 Å². The van der Waals surface area contributed by atoms with E-state index >= 15 is 0 Å². The zero-order valence-corrected chi connectivity index (χ0v) is 16.5. The van der Waals surface area contributed by atoms with E-state index in [1.807, 2.05) is 47.4 Å². The second kappa shape index (κ2) is 8.77. The highest BCUT2D eigenvalue weighted by atomic mass is 16.2. The van der Waals surface area contributed by atoms with Crippen molar-refractivity contribution in [2.45, 2.75) is 19.5 Å². The molecule has 2 aromatic carbocycles. The average Bonchev–Trinajstić information content (AvgIpc) is 2.78. The molecule has 0 radical (unpaired) electrons. The molecule has 0 spiro atoms. The fourth-order valence-corrected chi connectivity index (χ4v) is 3.52. The SMILES string of the molecule is O=C(CCn1ncc(=O)c2ccccc21)NCc1ccc(N2CCNC(=O)C2)cc1. The number of hydrogen-bond donors (Lipinski definition) is 2. The van der Waals surface area contributed by atoms with Crippen molar-refractivity contribution < 1.29 is 9.59 Å². The Labute approximate surface area is 173 Å². The Morgan fingerprint density at radius 1 is 1.10 bits per heavy atom. The third-order valence-corrected chi connectivity index (χ3v) is 5.14. The van der Waals surface area contributed by atoms with Crippen LogP contribution in [0.3, 0.4) is 0 Å². The molecule has 4 rings (SSSR count). The molecule has 0 unspecified atom stereocenters. The molecule has 0 atom stereocenters. The van der Waals surface area contributed by atoms with Crippen molar-refractivity contribution in [2.24, 2.45) is 0 Å². The van der Waals surface area contributed by atoms with E-state index in [1.165, 1.54) is 6.20 Å². The topological polar surface area (TPSA) is 96.3 Å². The van der Waals surface area contributed by atoms with E-state index in [-0.39, 0.29) is 23.7 Å². The molecule has 1 saturated heterocycles. The lowest BCUT2D eigenvalue weighted by molar-refractivity contribution is -0.121. The van der Waals surface area contributed by atoms with E-state index < -0.39 is 0 Å². The van der Waals surface area contributed by atoms with Gasteiger partial charge in [0.05, 0.1) is 24.8 Å². The zero-order chi connectivity index (χ0) is 20.9. The molecule has 154 valence electrons. The molecule has 3 aromatic rings. The van der Waals surface area contributed by atoms with Crippen LogP contribution in [-0.2, 0) is 22.7 Å². The van der Waals surface area contributed by atoms with E-state index in [0.717, 1.165) is 23.3 Å². The summed E-state index contributed by atoms with van der Waals surface area (Å²) in [7, 11) is 0. The maximum atomic E-state index is 12.3. The number of carbonyl (C=O) groups is 2. The van der Waals surface area contributed by atoms with Crippen molar-refractivity contribution in [3.05, 3.63) is 70.5 Å². The number of aromatic nitrogens is 2. The largest absolute Gasteiger partial charge is 0.360 e. The van der Waals surface area contributed by atoms with Crippen LogP contribution < -0.4 is 21.0 Å². The summed E-state index contributed by atoms with van der Waals surface area (Å²) in [4.78, 5) is 37.7. The molecule has 30 heavy (non-hydrogen) atoms. The van der Waals surface area contributed by atoms with E-state index in [0.29, 0.717) is 31.6 Å². The van der Waals surface area contributed by atoms with Crippen molar-refractivity contribution in [3.63, 3.8) is 0 Å². The van der Waals surface area contributed by atoms with Crippen LogP contribution in [0.2, 0.25) is 0 Å². The molecule has 1 aliphatic heterocycles. The van der Waals surface area contributed by atoms with E-state index in [2.05, 4.69) is 15.7 Å². The van der Waals surface area contributed by atoms with Crippen LogP contribution in [-0.4, -0.2) is 41.2 Å². The van der Waals surface area contributed by atoms with Gasteiger partial charge in [0, 0.05) is 37.1 Å². The molecule has 2 N–H and O–H groups in total. The quantitative estimate of drug-likeness (QED) is 0.639. The fraction of sp³-hybridized carbons (Fsp3) is 0.273. The monoisotopic (exact) mass is 405 g/mol. The molecule has 0 bridgehead atoms. The summed E-state index contributed by atoms with van der Waals surface area (Å²) in [6.07, 6.45) is 1.55. The number of amides is 2. The van der Waals surface area contributed by atoms with Gasteiger partial charge in [-0.2, -0.15) is 5.10 Å². The average molecular weight is 405 g/mol. The molecule has 8 nitrogen and oxygen atoms in total. The number of benzene rings is 2. The molecule has 2 heterocycles. The highest BCUT2D eigenvalue weighted by molar-refractivity contribution is 5.82. The normalized spacial score (nSPS) is 13.9. The molecule has 1 aromatic heterocycles. The number of anilines is 1. The second-order valence-electron chi connectivity index (χ2n) is 7.21. The second-order valence-corrected chi connectivity index (χ2v) is 7.21. The first-order chi connectivity index (χ1) is 14.6. The highest BCUT2D eigenvalue weighted by Crippen LogP contribution is 2.16. The molecule has 0 saturated carbocycles. The number of hydrogen-bond acceptors (Lipinski definition) is 5. The van der Waals surface area contributed by atoms with E-state index in [4.69, 9.17) is 0 Å². The fourth-order valence-electron chi connectivity index (χ4n) is 3.52. The van der Waals surface area contributed by atoms with Gasteiger partial charge < -0.3 is 15.5 Å². The highest BCUT2D eigenvalue weighted by Gasteiger charge is 2.16. The molecule has 1 aliphatic rings. The Hall–Kier alpha value is -3.68. The predicted molar refractivity (Wildman–Crippen MR) is 114 cm³/mol. The number of para-hydroxylation sites is 1. The maximum Gasteiger partial charge on any atom is 0.239 e. The molecular weight excluding hydrogens is 382 g/mol. The number of nitrogens with one attached hydrogen (secondary N) is 2. The third kappa shape index (κ3) is 4.48. The van der Waals surface area contributed by atoms with Gasteiger partial charge in [0.2, 0.25) is 17.2 Å². The van der Waals surface area contributed by atoms with Crippen molar-refractivity contribution in [3.8, 4) is 0 Å². The molecule has 8 heteroatoms. The van der Waals surface area contributed by atoms with Crippen LogP contribution in [0.25, 0.3) is 10.9 Å². The number of aryl methyl sites for hydroxylation is 1. The van der Waals surface area contributed by atoms with Crippen molar-refractivity contribution in [2.75, 3.05) is 24.5 Å². The Kier molecular flexibility index (Phi) is 5.74. The van der Waals surface area contributed by atoms with Gasteiger partial charge in [-0.05, 0) is 29.8 Å². The van der Waals surface area contributed by atoms with Gasteiger partial charge in [0.1, 0.15) is 0 Å². The van der Waals surface area contributed by atoms with Gasteiger partial charge >= 0.3 is 0 Å². The lowest BCUT2D eigenvalue weighted by atomic mass is 10.1. The molecular formula is C22H23N5O3. The van der Waals surface area contributed by atoms with Crippen LogP contribution in [0.15, 0.2) is 59.5 Å². The molecule has 2 amide bonds. The number of piperazine rings is 1. The Morgan fingerprint density at radius 2 is 1.90 bits per heavy atom. The summed E-state index contributed by atoms with van der Waals surface area (Å²) in [6, 6.07) is 15.1. The number of carbonyl (C=O) groups excluding carboxylic acids is 2. The molecule has 0 aliphatic carbocycles. The first kappa shape index (κ1) is 19.6. The number of fused-ring (bicyclic) bond motifs is 1. The summed E-state index contributed by atoms with van der Waals surface area (Å²) in [5.74, 6) is -0.0565. The Morgan fingerprint density at radius 3 is 2.70 bits per heavy atom. The standard InChI is InChI=1S/C22H23N5O3/c28-20-14-25-27(19-4-2-1-3-18(19)20)11-9-21(29)24-13-16-5-7-17(8-6-16)26-12-10-23-22(30)15-26/h1-8,14H,9-13,15H2,(H,23,30)(H,24,29). The van der Waals surface area contributed by atoms with E-state index in [9.17, 15) is 14.4 Å². The minimum atomic E-state index is -0.125. The summed E-state index contributed by atoms with van der Waals surface area (Å²) in [6.45, 7) is 2.62. The lowest BCUT2D eigenvalue weighted by Gasteiger charge is -2.28. The first-order valence-electron chi connectivity index (χ1n) is 9.92. The van der Waals surface area contributed by atoms with Gasteiger partial charge in [-0.3, -0.25) is 19.1 Å². The van der Waals surface area contributed by atoms with Gasteiger partial charge in [-0.1, -0.05) is 24.3 Å². The van der Waals surface area contributed by atoms with Crippen molar-refractivity contribution >= 4 is 28.4 Å². The van der Waals surface area contributed by atoms with Crippen LogP contribution in [0, 0.1) is 0 Å². The minimum Gasteiger partial charge on any atom is -0.360 e. The number of nitrogens with zero attached hydrogens (tertiary/aromatic N) is 3. The number of rotatable bonds is 6. The summed E-state index contributed by atoms with van der Waals surface area (Å²) in [5, 5.41) is 10.5. The summed E-state index contributed by atoms with van der Waals surface area (Å²) < 4.78 is 1.68. The van der Waals surface area contributed by atoms with Gasteiger partial charge in [-0.25, -0.2) is 0 Å².